The third-order valence-corrected chi connectivity index (χ3v) is 6.75. The maximum absolute atomic E-state index is 13.7. The number of fused-ring (bicyclic) bond motifs is 4. The number of alkyl halides is 3. The molecule has 0 saturated carbocycles. The van der Waals surface area contributed by atoms with Crippen LogP contribution in [0.3, 0.4) is 0 Å². The van der Waals surface area contributed by atoms with Crippen molar-refractivity contribution in [1.82, 2.24) is 19.2 Å². The van der Waals surface area contributed by atoms with Gasteiger partial charge in [-0.05, 0) is 34.9 Å². The summed E-state index contributed by atoms with van der Waals surface area (Å²) >= 11 is 6.18. The topological polar surface area (TPSA) is 99.7 Å². The van der Waals surface area contributed by atoms with E-state index < -0.39 is 42.8 Å². The second kappa shape index (κ2) is 10.8. The molecule has 0 unspecified atom stereocenters. The first kappa shape index (κ1) is 26.9. The van der Waals surface area contributed by atoms with Crippen LogP contribution in [0.25, 0.3) is 16.8 Å². The number of ether oxygens (including phenoxy) is 2. The van der Waals surface area contributed by atoms with Crippen LogP contribution in [0.15, 0.2) is 59.9 Å². The van der Waals surface area contributed by atoms with Gasteiger partial charge < -0.3 is 19.4 Å². The lowest BCUT2D eigenvalue weighted by atomic mass is 9.92. The summed E-state index contributed by atoms with van der Waals surface area (Å²) in [6, 6.07) is 8.06. The molecule has 204 valence electrons. The molecule has 3 aromatic heterocycles. The first-order valence-electron chi connectivity index (χ1n) is 12.0. The minimum Gasteiger partial charge on any atom is -0.385 e. The minimum atomic E-state index is -4.60. The molecular weight excluding hydrogens is 539 g/mol. The normalized spacial score (nSPS) is 16.2. The van der Waals surface area contributed by atoms with E-state index >= 15 is 0 Å². The maximum Gasteiger partial charge on any atom is 0.414 e. The van der Waals surface area contributed by atoms with Crippen molar-refractivity contribution in [2.45, 2.75) is 37.8 Å². The van der Waals surface area contributed by atoms with Crippen LogP contribution in [0.1, 0.15) is 23.6 Å². The highest BCUT2D eigenvalue weighted by atomic mass is 35.5. The molecule has 1 aliphatic heterocycles. The first-order chi connectivity index (χ1) is 18.6. The van der Waals surface area contributed by atoms with Crippen molar-refractivity contribution in [3.63, 3.8) is 0 Å². The SMILES string of the molecule is COCC[C@@H](C(=O)Nc1ccn2ncnc2c1)n1cc2c(cc1=O)-c1cc(Cl)ccc1C[C@@H](C(F)(F)F)OC2. The molecule has 1 amide bonds. The lowest BCUT2D eigenvalue weighted by Gasteiger charge is -2.27. The zero-order valence-electron chi connectivity index (χ0n) is 20.6. The monoisotopic (exact) mass is 561 g/mol. The molecule has 4 heterocycles. The number of methoxy groups -OCH3 is 1. The van der Waals surface area contributed by atoms with Crippen molar-refractivity contribution in [2.24, 2.45) is 0 Å². The van der Waals surface area contributed by atoms with Gasteiger partial charge in [-0.2, -0.15) is 18.3 Å². The number of anilines is 1. The van der Waals surface area contributed by atoms with E-state index in [4.69, 9.17) is 21.1 Å². The van der Waals surface area contributed by atoms with Crippen molar-refractivity contribution in [2.75, 3.05) is 19.0 Å². The zero-order valence-corrected chi connectivity index (χ0v) is 21.4. The van der Waals surface area contributed by atoms with Crippen LogP contribution < -0.4 is 10.9 Å². The van der Waals surface area contributed by atoms with Crippen molar-refractivity contribution < 1.29 is 27.4 Å². The fourth-order valence-electron chi connectivity index (χ4n) is 4.58. The highest BCUT2D eigenvalue weighted by molar-refractivity contribution is 6.30. The van der Waals surface area contributed by atoms with Crippen LogP contribution in [0.2, 0.25) is 5.02 Å². The van der Waals surface area contributed by atoms with E-state index in [0.29, 0.717) is 38.6 Å². The smallest absolute Gasteiger partial charge is 0.385 e. The van der Waals surface area contributed by atoms with E-state index in [9.17, 15) is 22.8 Å². The van der Waals surface area contributed by atoms with Crippen LogP contribution >= 0.6 is 11.6 Å². The number of aromatic nitrogens is 4. The number of pyridine rings is 2. The maximum atomic E-state index is 13.7. The Morgan fingerprint density at radius 1 is 1.23 bits per heavy atom. The summed E-state index contributed by atoms with van der Waals surface area (Å²) < 4.78 is 54.3. The third kappa shape index (κ3) is 5.68. The molecule has 4 aromatic rings. The third-order valence-electron chi connectivity index (χ3n) is 6.52. The molecule has 5 rings (SSSR count). The van der Waals surface area contributed by atoms with Crippen LogP contribution in [-0.2, 0) is 27.3 Å². The second-order valence-electron chi connectivity index (χ2n) is 9.07. The number of carbonyl (C=O) groups is 1. The van der Waals surface area contributed by atoms with Crippen LogP contribution in [-0.4, -0.2) is 51.1 Å². The predicted molar refractivity (Wildman–Crippen MR) is 137 cm³/mol. The molecule has 39 heavy (non-hydrogen) atoms. The average Bonchev–Trinajstić information content (AvgIpc) is 3.34. The summed E-state index contributed by atoms with van der Waals surface area (Å²) in [5.74, 6) is -0.513. The van der Waals surface area contributed by atoms with E-state index in [-0.39, 0.29) is 13.0 Å². The van der Waals surface area contributed by atoms with Crippen molar-refractivity contribution in [3.8, 4) is 11.1 Å². The molecule has 2 atom stereocenters. The van der Waals surface area contributed by atoms with Gasteiger partial charge in [0.05, 0.1) is 6.61 Å². The summed E-state index contributed by atoms with van der Waals surface area (Å²) in [6.07, 6.45) is -2.58. The van der Waals surface area contributed by atoms with Gasteiger partial charge in [-0.1, -0.05) is 17.7 Å². The van der Waals surface area contributed by atoms with E-state index in [1.54, 1.807) is 18.3 Å². The number of carbonyl (C=O) groups excluding carboxylic acids is 1. The molecule has 1 N–H and O–H groups in total. The van der Waals surface area contributed by atoms with Gasteiger partial charge >= 0.3 is 6.18 Å². The van der Waals surface area contributed by atoms with Crippen LogP contribution in [0, 0.1) is 0 Å². The van der Waals surface area contributed by atoms with Gasteiger partial charge in [-0.15, -0.1) is 0 Å². The van der Waals surface area contributed by atoms with Crippen molar-refractivity contribution in [1.29, 1.82) is 0 Å². The van der Waals surface area contributed by atoms with Gasteiger partial charge in [0.1, 0.15) is 12.4 Å². The molecule has 1 aromatic carbocycles. The number of hydrogen-bond acceptors (Lipinski definition) is 6. The van der Waals surface area contributed by atoms with Gasteiger partial charge in [0.25, 0.3) is 5.56 Å². The highest BCUT2D eigenvalue weighted by Gasteiger charge is 2.42. The molecule has 0 radical (unpaired) electrons. The fraction of sp³-hybridized carbons (Fsp3) is 0.308. The van der Waals surface area contributed by atoms with Crippen LogP contribution in [0.4, 0.5) is 18.9 Å². The van der Waals surface area contributed by atoms with Gasteiger partial charge in [0, 0.05) is 67.4 Å². The number of nitrogens with zero attached hydrogens (tertiary/aromatic N) is 4. The summed E-state index contributed by atoms with van der Waals surface area (Å²) in [7, 11) is 1.46. The molecular formula is C26H23ClF3N5O4. The molecule has 1 aliphatic rings. The summed E-state index contributed by atoms with van der Waals surface area (Å²) in [5.41, 5.74) is 1.90. The second-order valence-corrected chi connectivity index (χ2v) is 9.51. The molecule has 0 fully saturated rings. The number of amides is 1. The largest absolute Gasteiger partial charge is 0.414 e. The van der Waals surface area contributed by atoms with E-state index in [1.165, 1.54) is 53.0 Å². The number of halogens is 4. The van der Waals surface area contributed by atoms with Crippen LogP contribution in [0.5, 0.6) is 0 Å². The highest BCUT2D eigenvalue weighted by Crippen LogP contribution is 2.36. The Kier molecular flexibility index (Phi) is 7.43. The Hall–Kier alpha value is -3.74. The Morgan fingerprint density at radius 3 is 2.79 bits per heavy atom. The van der Waals surface area contributed by atoms with Crippen molar-refractivity contribution in [3.05, 3.63) is 81.6 Å². The van der Waals surface area contributed by atoms with E-state index in [1.807, 2.05) is 0 Å². The average molecular weight is 562 g/mol. The molecule has 0 bridgehead atoms. The lowest BCUT2D eigenvalue weighted by Crippen LogP contribution is -2.36. The molecule has 0 spiro atoms. The summed E-state index contributed by atoms with van der Waals surface area (Å²) in [5, 5.41) is 7.11. The first-order valence-corrected chi connectivity index (χ1v) is 12.3. The standard InChI is InChI=1S/C26H23ClF3N5O4/c1-38-7-5-21(25(37)33-18-4-6-35-23(10-18)31-14-32-35)34-12-16-13-39-22(26(28,29)30)8-15-2-3-17(27)9-19(15)20(16)11-24(34)36/h2-4,6,9-12,14,21-22H,5,7-8,13H2,1H3,(H,33,37)/t21-,22-/m0/s1. The van der Waals surface area contributed by atoms with E-state index in [2.05, 4.69) is 15.4 Å². The fourth-order valence-corrected chi connectivity index (χ4v) is 4.75. The Balaban J connectivity index is 1.55. The molecule has 0 saturated heterocycles. The summed E-state index contributed by atoms with van der Waals surface area (Å²) in [4.78, 5) is 30.9. The predicted octanol–water partition coefficient (Wildman–Crippen LogP) is 4.43. The number of nitrogens with one attached hydrogen (secondary N) is 1. The van der Waals surface area contributed by atoms with E-state index in [0.717, 1.165) is 0 Å². The van der Waals surface area contributed by atoms with Gasteiger partial charge in [0.2, 0.25) is 5.91 Å². The Labute approximate surface area is 225 Å². The lowest BCUT2D eigenvalue weighted by molar-refractivity contribution is -0.223. The number of rotatable bonds is 6. The van der Waals surface area contributed by atoms with Gasteiger partial charge in [-0.3, -0.25) is 9.59 Å². The molecule has 9 nitrogen and oxygen atoms in total. The van der Waals surface area contributed by atoms with Gasteiger partial charge in [0.15, 0.2) is 11.8 Å². The van der Waals surface area contributed by atoms with Gasteiger partial charge in [-0.25, -0.2) is 9.50 Å². The zero-order chi connectivity index (χ0) is 27.7. The quantitative estimate of drug-likeness (QED) is 0.374. The summed E-state index contributed by atoms with van der Waals surface area (Å²) in [6.45, 7) is -0.274. The minimum absolute atomic E-state index is 0.128. The number of benzene rings is 1. The Morgan fingerprint density at radius 2 is 2.03 bits per heavy atom. The molecule has 13 heteroatoms. The molecule has 0 aliphatic carbocycles. The Bertz CT molecular complexity index is 1590. The van der Waals surface area contributed by atoms with Crippen molar-refractivity contribution >= 4 is 28.8 Å². The number of hydrogen-bond donors (Lipinski definition) is 1.